The highest BCUT2D eigenvalue weighted by atomic mass is 35.5. The average Bonchev–Trinajstić information content (AvgIpc) is 2.46. The number of aryl methyl sites for hydroxylation is 1. The Bertz CT molecular complexity index is 344. The standard InChI is InChI=1S/C11H16ClNO2/c1-4-5-13-7-9(12)6-10(13)11(14)15-8(2)3/h6-8H,4-5H2,1-3H3. The molecule has 0 radical (unpaired) electrons. The number of ether oxygens (including phenoxy) is 1. The minimum atomic E-state index is -0.314. The fourth-order valence-corrected chi connectivity index (χ4v) is 1.57. The Morgan fingerprint density at radius 1 is 1.60 bits per heavy atom. The molecule has 0 unspecified atom stereocenters. The van der Waals surface area contributed by atoms with Crippen LogP contribution in [0.1, 0.15) is 37.7 Å². The van der Waals surface area contributed by atoms with E-state index in [1.54, 1.807) is 12.3 Å². The van der Waals surface area contributed by atoms with E-state index < -0.39 is 0 Å². The summed E-state index contributed by atoms with van der Waals surface area (Å²) in [5.74, 6) is -0.314. The van der Waals surface area contributed by atoms with Gasteiger partial charge in [-0.2, -0.15) is 0 Å². The molecule has 0 bridgehead atoms. The third kappa shape index (κ3) is 3.27. The molecule has 1 aromatic rings. The summed E-state index contributed by atoms with van der Waals surface area (Å²) in [4.78, 5) is 11.7. The molecule has 0 aliphatic heterocycles. The Morgan fingerprint density at radius 2 is 2.27 bits per heavy atom. The predicted octanol–water partition coefficient (Wildman–Crippen LogP) is 3.12. The zero-order valence-corrected chi connectivity index (χ0v) is 10.0. The normalized spacial score (nSPS) is 10.7. The lowest BCUT2D eigenvalue weighted by Gasteiger charge is -2.10. The zero-order valence-electron chi connectivity index (χ0n) is 9.29. The Morgan fingerprint density at radius 3 is 2.80 bits per heavy atom. The van der Waals surface area contributed by atoms with Gasteiger partial charge in [0.1, 0.15) is 5.69 Å². The summed E-state index contributed by atoms with van der Waals surface area (Å²) < 4.78 is 6.94. The van der Waals surface area contributed by atoms with Crippen molar-refractivity contribution < 1.29 is 9.53 Å². The highest BCUT2D eigenvalue weighted by molar-refractivity contribution is 6.30. The van der Waals surface area contributed by atoms with Crippen molar-refractivity contribution in [3.63, 3.8) is 0 Å². The van der Waals surface area contributed by atoms with Crippen LogP contribution in [0, 0.1) is 0 Å². The van der Waals surface area contributed by atoms with Gasteiger partial charge >= 0.3 is 5.97 Å². The predicted molar refractivity (Wildman–Crippen MR) is 60.3 cm³/mol. The number of rotatable bonds is 4. The topological polar surface area (TPSA) is 31.2 Å². The van der Waals surface area contributed by atoms with Gasteiger partial charge in [0.2, 0.25) is 0 Å². The SMILES string of the molecule is CCCn1cc(Cl)cc1C(=O)OC(C)C. The first kappa shape index (κ1) is 12.1. The molecule has 0 atom stereocenters. The maximum atomic E-state index is 11.7. The van der Waals surface area contributed by atoms with Gasteiger partial charge in [0.05, 0.1) is 11.1 Å². The third-order valence-electron chi connectivity index (χ3n) is 1.88. The fraction of sp³-hybridized carbons (Fsp3) is 0.545. The lowest BCUT2D eigenvalue weighted by molar-refractivity contribution is 0.0365. The van der Waals surface area contributed by atoms with Gasteiger partial charge in [0, 0.05) is 12.7 Å². The molecule has 4 heteroatoms. The number of carbonyl (C=O) groups is 1. The monoisotopic (exact) mass is 229 g/mol. The Hall–Kier alpha value is -0.960. The van der Waals surface area contributed by atoms with Crippen LogP contribution in [0.25, 0.3) is 0 Å². The van der Waals surface area contributed by atoms with Crippen molar-refractivity contribution >= 4 is 17.6 Å². The first-order valence-corrected chi connectivity index (χ1v) is 5.49. The lowest BCUT2D eigenvalue weighted by Crippen LogP contribution is -2.15. The largest absolute Gasteiger partial charge is 0.458 e. The maximum absolute atomic E-state index is 11.7. The van der Waals surface area contributed by atoms with Gasteiger partial charge in [-0.3, -0.25) is 0 Å². The molecule has 0 aromatic carbocycles. The number of nitrogens with zero attached hydrogens (tertiary/aromatic N) is 1. The molecule has 0 fully saturated rings. The Kier molecular flexibility index (Phi) is 4.21. The van der Waals surface area contributed by atoms with Crippen LogP contribution in [0.5, 0.6) is 0 Å². The minimum absolute atomic E-state index is 0.110. The minimum Gasteiger partial charge on any atom is -0.458 e. The van der Waals surface area contributed by atoms with Crippen LogP contribution in [0.4, 0.5) is 0 Å². The second kappa shape index (κ2) is 5.21. The molecule has 0 aliphatic carbocycles. The van der Waals surface area contributed by atoms with Crippen molar-refractivity contribution in [2.24, 2.45) is 0 Å². The van der Waals surface area contributed by atoms with Crippen molar-refractivity contribution in [2.75, 3.05) is 0 Å². The first-order valence-electron chi connectivity index (χ1n) is 5.11. The molecule has 1 rings (SSSR count). The first-order chi connectivity index (χ1) is 7.04. The highest BCUT2D eigenvalue weighted by Crippen LogP contribution is 2.16. The molecule has 15 heavy (non-hydrogen) atoms. The number of carbonyl (C=O) groups excluding carboxylic acids is 1. The lowest BCUT2D eigenvalue weighted by atomic mass is 10.4. The van der Waals surface area contributed by atoms with Gasteiger partial charge in [-0.25, -0.2) is 4.79 Å². The molecule has 1 heterocycles. The van der Waals surface area contributed by atoms with Crippen molar-refractivity contribution in [1.82, 2.24) is 4.57 Å². The summed E-state index contributed by atoms with van der Waals surface area (Å²) >= 11 is 5.85. The van der Waals surface area contributed by atoms with Crippen LogP contribution >= 0.6 is 11.6 Å². The molecule has 1 aromatic heterocycles. The van der Waals surface area contributed by atoms with Gasteiger partial charge in [-0.05, 0) is 26.3 Å². The van der Waals surface area contributed by atoms with Gasteiger partial charge in [-0.1, -0.05) is 18.5 Å². The molecule has 0 N–H and O–H groups in total. The number of hydrogen-bond donors (Lipinski definition) is 0. The van der Waals surface area contributed by atoms with E-state index in [2.05, 4.69) is 0 Å². The molecule has 0 saturated carbocycles. The van der Waals surface area contributed by atoms with Crippen molar-refractivity contribution in [3.8, 4) is 0 Å². The second-order valence-corrected chi connectivity index (χ2v) is 4.13. The van der Waals surface area contributed by atoms with Crippen LogP contribution < -0.4 is 0 Å². The molecule has 0 aliphatic rings. The number of hydrogen-bond acceptors (Lipinski definition) is 2. The smallest absolute Gasteiger partial charge is 0.355 e. The van der Waals surface area contributed by atoms with E-state index >= 15 is 0 Å². The van der Waals surface area contributed by atoms with Crippen LogP contribution in [-0.4, -0.2) is 16.6 Å². The van der Waals surface area contributed by atoms with Crippen molar-refractivity contribution in [3.05, 3.63) is 23.0 Å². The van der Waals surface area contributed by atoms with Gasteiger partial charge in [0.25, 0.3) is 0 Å². The summed E-state index contributed by atoms with van der Waals surface area (Å²) in [7, 11) is 0. The summed E-state index contributed by atoms with van der Waals surface area (Å²) in [6, 6.07) is 1.64. The Labute approximate surface area is 95.0 Å². The molecule has 0 saturated heterocycles. The average molecular weight is 230 g/mol. The van der Waals surface area contributed by atoms with Gasteiger partial charge < -0.3 is 9.30 Å². The summed E-state index contributed by atoms with van der Waals surface area (Å²) in [5, 5.41) is 0.569. The maximum Gasteiger partial charge on any atom is 0.355 e. The Balaban J connectivity index is 2.86. The second-order valence-electron chi connectivity index (χ2n) is 3.69. The van der Waals surface area contributed by atoms with E-state index in [9.17, 15) is 4.79 Å². The quantitative estimate of drug-likeness (QED) is 0.743. The number of aromatic nitrogens is 1. The zero-order chi connectivity index (χ0) is 11.4. The third-order valence-corrected chi connectivity index (χ3v) is 2.09. The number of esters is 1. The summed E-state index contributed by atoms with van der Waals surface area (Å²) in [6.07, 6.45) is 2.59. The fourth-order valence-electron chi connectivity index (χ4n) is 1.35. The van der Waals surface area contributed by atoms with E-state index in [-0.39, 0.29) is 12.1 Å². The molecular formula is C11H16ClNO2. The van der Waals surface area contributed by atoms with E-state index in [0.717, 1.165) is 13.0 Å². The molecular weight excluding hydrogens is 214 g/mol. The summed E-state index contributed by atoms with van der Waals surface area (Å²) in [6.45, 7) is 6.47. The van der Waals surface area contributed by atoms with Crippen LogP contribution in [0.2, 0.25) is 5.02 Å². The van der Waals surface area contributed by atoms with E-state index in [4.69, 9.17) is 16.3 Å². The van der Waals surface area contributed by atoms with Crippen molar-refractivity contribution in [2.45, 2.75) is 39.8 Å². The van der Waals surface area contributed by atoms with E-state index in [0.29, 0.717) is 10.7 Å². The van der Waals surface area contributed by atoms with Gasteiger partial charge in [-0.15, -0.1) is 0 Å². The molecule has 0 spiro atoms. The number of halogens is 1. The van der Waals surface area contributed by atoms with E-state index in [1.807, 2.05) is 25.3 Å². The van der Waals surface area contributed by atoms with Gasteiger partial charge in [0.15, 0.2) is 0 Å². The molecule has 3 nitrogen and oxygen atoms in total. The van der Waals surface area contributed by atoms with Crippen LogP contribution in [0.3, 0.4) is 0 Å². The van der Waals surface area contributed by atoms with Crippen LogP contribution in [0.15, 0.2) is 12.3 Å². The van der Waals surface area contributed by atoms with E-state index in [1.165, 1.54) is 0 Å². The molecule has 84 valence electrons. The summed E-state index contributed by atoms with van der Waals surface area (Å²) in [5.41, 5.74) is 0.524. The van der Waals surface area contributed by atoms with Crippen molar-refractivity contribution in [1.29, 1.82) is 0 Å². The highest BCUT2D eigenvalue weighted by Gasteiger charge is 2.15. The molecule has 0 amide bonds. The van der Waals surface area contributed by atoms with Crippen LogP contribution in [-0.2, 0) is 11.3 Å².